The molecule has 1 aliphatic heterocycles. The first-order valence-corrected chi connectivity index (χ1v) is 13.9. The minimum atomic E-state index is -0.0100. The minimum absolute atomic E-state index is 0.0100. The highest BCUT2D eigenvalue weighted by molar-refractivity contribution is 5.52. The van der Waals surface area contributed by atoms with E-state index in [0.717, 1.165) is 59.4 Å². The lowest BCUT2D eigenvalue weighted by molar-refractivity contribution is -0.120. The van der Waals surface area contributed by atoms with Crippen molar-refractivity contribution in [3.63, 3.8) is 0 Å². The van der Waals surface area contributed by atoms with E-state index in [1.807, 2.05) is 0 Å². The van der Waals surface area contributed by atoms with Gasteiger partial charge in [-0.3, -0.25) is 0 Å². The Balaban J connectivity index is 1.13. The third-order valence-electron chi connectivity index (χ3n) is 10.4. The van der Waals surface area contributed by atoms with Crippen LogP contribution in [-0.2, 0) is 4.74 Å². The van der Waals surface area contributed by atoms with Gasteiger partial charge in [-0.2, -0.15) is 0 Å². The summed E-state index contributed by atoms with van der Waals surface area (Å²) < 4.78 is 26.0. The predicted molar refractivity (Wildman–Crippen MR) is 125 cm³/mol. The summed E-state index contributed by atoms with van der Waals surface area (Å²) in [6.07, 6.45) is 16.2. The first-order valence-electron chi connectivity index (χ1n) is 13.9. The molecule has 8 aliphatic carbocycles. The molecule has 1 heterocycles. The van der Waals surface area contributed by atoms with E-state index in [9.17, 15) is 0 Å². The van der Waals surface area contributed by atoms with Gasteiger partial charge in [0.1, 0.15) is 23.9 Å². The lowest BCUT2D eigenvalue weighted by atomic mass is 9.54. The zero-order chi connectivity index (χ0) is 21.6. The second-order valence-corrected chi connectivity index (χ2v) is 13.3. The molecule has 0 aromatic heterocycles. The molecule has 1 atom stereocenters. The molecule has 8 saturated carbocycles. The fourth-order valence-electron chi connectivity index (χ4n) is 9.90. The highest BCUT2D eigenvalue weighted by atomic mass is 16.6. The van der Waals surface area contributed by atoms with Crippen LogP contribution in [0.5, 0.6) is 17.2 Å². The molecule has 178 valence electrons. The van der Waals surface area contributed by atoms with Gasteiger partial charge >= 0.3 is 0 Å². The Morgan fingerprint density at radius 1 is 0.667 bits per heavy atom. The third kappa shape index (κ3) is 3.49. The van der Waals surface area contributed by atoms with E-state index >= 15 is 0 Å². The van der Waals surface area contributed by atoms with Crippen LogP contribution in [-0.4, -0.2) is 30.5 Å². The Labute approximate surface area is 197 Å². The third-order valence-corrected chi connectivity index (χ3v) is 10.4. The van der Waals surface area contributed by atoms with Crippen molar-refractivity contribution in [2.45, 2.75) is 94.4 Å². The van der Waals surface area contributed by atoms with E-state index in [-0.39, 0.29) is 17.3 Å². The molecule has 8 bridgehead atoms. The normalized spacial score (nSPS) is 48.2. The van der Waals surface area contributed by atoms with Gasteiger partial charge in [-0.25, -0.2) is 0 Å². The van der Waals surface area contributed by atoms with Gasteiger partial charge in [0.2, 0.25) is 5.75 Å². The standard InChI is InChI=1S/C29H38O4/c1-2-25(31-17-24-16-30-24)27(33-29-13-21-7-22(14-29)9-23(8-21)15-29)26(3-1)32-28-10-18-4-19(11-28)6-20(5-18)12-28/h1-3,18-24H,4-17H2. The van der Waals surface area contributed by atoms with Crippen LogP contribution in [0.25, 0.3) is 0 Å². The van der Waals surface area contributed by atoms with Crippen molar-refractivity contribution >= 4 is 0 Å². The average Bonchev–Trinajstić information content (AvgIpc) is 3.56. The van der Waals surface area contributed by atoms with Crippen LogP contribution in [0.3, 0.4) is 0 Å². The molecule has 33 heavy (non-hydrogen) atoms. The second kappa shape index (κ2) is 7.06. The van der Waals surface area contributed by atoms with Gasteiger partial charge in [0.25, 0.3) is 0 Å². The largest absolute Gasteiger partial charge is 0.487 e. The summed E-state index contributed by atoms with van der Waals surface area (Å²) >= 11 is 0. The van der Waals surface area contributed by atoms with Crippen LogP contribution in [0.1, 0.15) is 77.0 Å². The molecule has 9 aliphatic rings. The summed E-state index contributed by atoms with van der Waals surface area (Å²) in [5, 5.41) is 0. The smallest absolute Gasteiger partial charge is 0.204 e. The van der Waals surface area contributed by atoms with Gasteiger partial charge in [0.15, 0.2) is 11.5 Å². The van der Waals surface area contributed by atoms with Gasteiger partial charge in [-0.15, -0.1) is 0 Å². The van der Waals surface area contributed by atoms with Crippen LogP contribution >= 0.6 is 0 Å². The maximum Gasteiger partial charge on any atom is 0.204 e. The number of rotatable bonds is 7. The summed E-state index contributed by atoms with van der Waals surface area (Å²) in [5.41, 5.74) is 0.0103. The monoisotopic (exact) mass is 450 g/mol. The van der Waals surface area contributed by atoms with Crippen molar-refractivity contribution in [3.05, 3.63) is 18.2 Å². The van der Waals surface area contributed by atoms with E-state index in [4.69, 9.17) is 18.9 Å². The molecule has 0 spiro atoms. The topological polar surface area (TPSA) is 40.2 Å². The molecule has 9 fully saturated rings. The molecular weight excluding hydrogens is 412 g/mol. The van der Waals surface area contributed by atoms with Crippen LogP contribution in [0.4, 0.5) is 0 Å². The molecule has 4 nitrogen and oxygen atoms in total. The summed E-state index contributed by atoms with van der Waals surface area (Å²) in [6, 6.07) is 6.35. The summed E-state index contributed by atoms with van der Waals surface area (Å²) in [4.78, 5) is 0. The van der Waals surface area contributed by atoms with Crippen LogP contribution in [0.15, 0.2) is 18.2 Å². The Kier molecular flexibility index (Phi) is 4.24. The molecule has 4 heteroatoms. The fraction of sp³-hybridized carbons (Fsp3) is 0.793. The van der Waals surface area contributed by atoms with E-state index in [0.29, 0.717) is 6.61 Å². The molecule has 0 radical (unpaired) electrons. The molecule has 10 rings (SSSR count). The van der Waals surface area contributed by atoms with Gasteiger partial charge in [0, 0.05) is 0 Å². The predicted octanol–water partition coefficient (Wildman–Crippen LogP) is 6.16. The molecule has 0 N–H and O–H groups in total. The van der Waals surface area contributed by atoms with Crippen LogP contribution in [0, 0.1) is 35.5 Å². The Hall–Kier alpha value is -1.42. The summed E-state index contributed by atoms with van der Waals surface area (Å²) in [5.74, 6) is 7.90. The van der Waals surface area contributed by atoms with Gasteiger partial charge in [0.05, 0.1) is 6.61 Å². The Morgan fingerprint density at radius 3 is 1.61 bits per heavy atom. The molecule has 0 amide bonds. The van der Waals surface area contributed by atoms with Gasteiger partial charge < -0.3 is 18.9 Å². The van der Waals surface area contributed by atoms with Crippen molar-refractivity contribution in [1.29, 1.82) is 0 Å². The Morgan fingerprint density at radius 2 is 1.12 bits per heavy atom. The number of ether oxygens (including phenoxy) is 4. The zero-order valence-corrected chi connectivity index (χ0v) is 19.8. The van der Waals surface area contributed by atoms with E-state index in [1.165, 1.54) is 77.0 Å². The quantitative estimate of drug-likeness (QED) is 0.467. The van der Waals surface area contributed by atoms with E-state index in [1.54, 1.807) is 0 Å². The summed E-state index contributed by atoms with van der Waals surface area (Å²) in [7, 11) is 0. The highest BCUT2D eigenvalue weighted by Gasteiger charge is 2.55. The van der Waals surface area contributed by atoms with E-state index in [2.05, 4.69) is 18.2 Å². The molecule has 1 aromatic rings. The second-order valence-electron chi connectivity index (χ2n) is 13.3. The van der Waals surface area contributed by atoms with Crippen molar-refractivity contribution in [2.75, 3.05) is 13.2 Å². The molecule has 1 saturated heterocycles. The highest BCUT2D eigenvalue weighted by Crippen LogP contribution is 2.60. The lowest BCUT2D eigenvalue weighted by Crippen LogP contribution is -2.54. The summed E-state index contributed by atoms with van der Waals surface area (Å²) in [6.45, 7) is 1.42. The minimum Gasteiger partial charge on any atom is -0.487 e. The number of hydrogen-bond acceptors (Lipinski definition) is 4. The average molecular weight is 451 g/mol. The first-order chi connectivity index (χ1) is 16.1. The van der Waals surface area contributed by atoms with Crippen LogP contribution in [0.2, 0.25) is 0 Å². The number of epoxide rings is 1. The Bertz CT molecular complexity index is 863. The maximum absolute atomic E-state index is 7.15. The molecule has 1 aromatic carbocycles. The van der Waals surface area contributed by atoms with Crippen molar-refractivity contribution in [3.8, 4) is 17.2 Å². The van der Waals surface area contributed by atoms with Crippen molar-refractivity contribution in [1.82, 2.24) is 0 Å². The zero-order valence-electron chi connectivity index (χ0n) is 19.8. The number of hydrogen-bond donors (Lipinski definition) is 0. The SMILES string of the molecule is c1cc(OCC2CO2)c(OC23CC4CC(CC(C4)C2)C3)c(OC23CC4CC(CC(C4)C2)C3)c1. The fourth-order valence-corrected chi connectivity index (χ4v) is 9.90. The molecular formula is C29H38O4. The maximum atomic E-state index is 7.15. The van der Waals surface area contributed by atoms with Crippen LogP contribution < -0.4 is 14.2 Å². The lowest BCUT2D eigenvalue weighted by Gasteiger charge is -2.57. The number of benzene rings is 1. The number of para-hydroxylation sites is 1. The van der Waals surface area contributed by atoms with Gasteiger partial charge in [-0.1, -0.05) is 6.07 Å². The van der Waals surface area contributed by atoms with Crippen molar-refractivity contribution < 1.29 is 18.9 Å². The first kappa shape index (κ1) is 19.8. The van der Waals surface area contributed by atoms with E-state index < -0.39 is 0 Å². The van der Waals surface area contributed by atoms with Gasteiger partial charge in [-0.05, 0) is 125 Å². The molecule has 1 unspecified atom stereocenters. The van der Waals surface area contributed by atoms with Crippen molar-refractivity contribution in [2.24, 2.45) is 35.5 Å².